The molecule has 0 saturated heterocycles. The Morgan fingerprint density at radius 3 is 2.62 bits per heavy atom. The van der Waals surface area contributed by atoms with Gasteiger partial charge in [0.15, 0.2) is 0 Å². The first-order valence-electron chi connectivity index (χ1n) is 7.66. The minimum atomic E-state index is -0.929. The van der Waals surface area contributed by atoms with Crippen LogP contribution in [0, 0.1) is 19.8 Å². The van der Waals surface area contributed by atoms with E-state index in [-0.39, 0.29) is 12.6 Å². The molecule has 128 valence electrons. The first kappa shape index (κ1) is 17.5. The number of carboxylic acid groups (broad SMARTS) is 1. The maximum Gasteiger partial charge on any atom is 0.321 e. The van der Waals surface area contributed by atoms with Gasteiger partial charge in [-0.1, -0.05) is 13.0 Å². The van der Waals surface area contributed by atoms with Crippen molar-refractivity contribution in [1.29, 1.82) is 0 Å². The molecule has 1 aromatic carbocycles. The van der Waals surface area contributed by atoms with E-state index in [2.05, 4.69) is 10.4 Å². The lowest BCUT2D eigenvalue weighted by Gasteiger charge is -2.20. The Morgan fingerprint density at radius 1 is 1.33 bits per heavy atom. The fraction of sp³-hybridized carbons (Fsp3) is 0.353. The van der Waals surface area contributed by atoms with Crippen molar-refractivity contribution in [2.75, 3.05) is 18.9 Å². The lowest BCUT2D eigenvalue weighted by Crippen LogP contribution is -2.36. The van der Waals surface area contributed by atoms with Crippen molar-refractivity contribution in [2.45, 2.75) is 20.8 Å². The van der Waals surface area contributed by atoms with Crippen LogP contribution in [0.3, 0.4) is 0 Å². The zero-order valence-electron chi connectivity index (χ0n) is 14.3. The van der Waals surface area contributed by atoms with Crippen LogP contribution in [0.15, 0.2) is 30.3 Å². The smallest absolute Gasteiger partial charge is 0.321 e. The number of nitrogens with one attached hydrogen (secondary N) is 1. The van der Waals surface area contributed by atoms with Crippen molar-refractivity contribution in [3.8, 4) is 5.69 Å². The van der Waals surface area contributed by atoms with Gasteiger partial charge in [-0.15, -0.1) is 0 Å². The molecule has 2 rings (SSSR count). The van der Waals surface area contributed by atoms with Gasteiger partial charge in [0.25, 0.3) is 0 Å². The molecule has 1 atom stereocenters. The fourth-order valence-corrected chi connectivity index (χ4v) is 2.40. The molecule has 7 nitrogen and oxygen atoms in total. The van der Waals surface area contributed by atoms with Crippen LogP contribution < -0.4 is 5.32 Å². The first-order valence-corrected chi connectivity index (χ1v) is 7.66. The Morgan fingerprint density at radius 2 is 2.04 bits per heavy atom. The van der Waals surface area contributed by atoms with Gasteiger partial charge in [-0.2, -0.15) is 5.10 Å². The third-order valence-electron chi connectivity index (χ3n) is 3.67. The number of amides is 2. The highest BCUT2D eigenvalue weighted by Crippen LogP contribution is 2.17. The van der Waals surface area contributed by atoms with Crippen molar-refractivity contribution in [2.24, 2.45) is 5.92 Å². The van der Waals surface area contributed by atoms with Crippen molar-refractivity contribution >= 4 is 17.7 Å². The van der Waals surface area contributed by atoms with Gasteiger partial charge in [0.2, 0.25) is 0 Å². The number of aromatic nitrogens is 2. The number of urea groups is 1. The summed E-state index contributed by atoms with van der Waals surface area (Å²) in [5.74, 6) is -1.55. The molecule has 0 radical (unpaired) electrons. The summed E-state index contributed by atoms with van der Waals surface area (Å²) in [4.78, 5) is 24.4. The molecule has 7 heteroatoms. The Labute approximate surface area is 140 Å². The molecule has 0 aliphatic carbocycles. The maximum absolute atomic E-state index is 12.2. The predicted molar refractivity (Wildman–Crippen MR) is 91.5 cm³/mol. The van der Waals surface area contributed by atoms with E-state index in [0.717, 1.165) is 17.1 Å². The average molecular weight is 330 g/mol. The van der Waals surface area contributed by atoms with E-state index in [1.807, 2.05) is 38.1 Å². The standard InChI is InChI=1S/C17H22N4O3/c1-11(16(22)23)10-20(4)17(24)18-14-6-5-7-15(9-14)21-13(3)8-12(2)19-21/h5-9,11H,10H2,1-4H3,(H,18,24)(H,22,23). The lowest BCUT2D eigenvalue weighted by molar-refractivity contribution is -0.141. The Kier molecular flexibility index (Phi) is 5.23. The first-order chi connectivity index (χ1) is 11.3. The summed E-state index contributed by atoms with van der Waals surface area (Å²) in [6, 6.07) is 8.97. The van der Waals surface area contributed by atoms with Crippen LogP contribution in [0.2, 0.25) is 0 Å². The molecular weight excluding hydrogens is 308 g/mol. The summed E-state index contributed by atoms with van der Waals surface area (Å²) in [5.41, 5.74) is 3.40. The molecule has 0 bridgehead atoms. The number of aryl methyl sites for hydroxylation is 2. The topological polar surface area (TPSA) is 87.5 Å². The summed E-state index contributed by atoms with van der Waals surface area (Å²) in [6.07, 6.45) is 0. The molecule has 2 aromatic rings. The van der Waals surface area contributed by atoms with E-state index in [1.54, 1.807) is 24.7 Å². The van der Waals surface area contributed by atoms with E-state index in [1.165, 1.54) is 4.90 Å². The van der Waals surface area contributed by atoms with Crippen molar-refractivity contribution in [1.82, 2.24) is 14.7 Å². The zero-order valence-corrected chi connectivity index (χ0v) is 14.3. The summed E-state index contributed by atoms with van der Waals surface area (Å²) in [5, 5.41) is 16.1. The van der Waals surface area contributed by atoms with Crippen molar-refractivity contribution in [3.05, 3.63) is 41.7 Å². The molecule has 0 aliphatic heterocycles. The molecule has 2 amide bonds. The van der Waals surface area contributed by atoms with Crippen LogP contribution in [0.1, 0.15) is 18.3 Å². The van der Waals surface area contributed by atoms with Crippen LogP contribution in [0.5, 0.6) is 0 Å². The Bertz CT molecular complexity index is 754. The van der Waals surface area contributed by atoms with Crippen LogP contribution >= 0.6 is 0 Å². The normalized spacial score (nSPS) is 11.8. The second-order valence-electron chi connectivity index (χ2n) is 5.94. The van der Waals surface area contributed by atoms with Gasteiger partial charge < -0.3 is 15.3 Å². The van der Waals surface area contributed by atoms with Gasteiger partial charge in [0.05, 0.1) is 17.3 Å². The molecule has 24 heavy (non-hydrogen) atoms. The highest BCUT2D eigenvalue weighted by molar-refractivity contribution is 5.89. The number of hydrogen-bond donors (Lipinski definition) is 2. The van der Waals surface area contributed by atoms with Gasteiger partial charge in [-0.05, 0) is 38.1 Å². The number of benzene rings is 1. The van der Waals surface area contributed by atoms with Gasteiger partial charge in [0.1, 0.15) is 0 Å². The average Bonchev–Trinajstić information content (AvgIpc) is 2.85. The third kappa shape index (κ3) is 4.13. The number of carbonyl (C=O) groups excluding carboxylic acids is 1. The highest BCUT2D eigenvalue weighted by atomic mass is 16.4. The largest absolute Gasteiger partial charge is 0.481 e. The van der Waals surface area contributed by atoms with Gasteiger partial charge >= 0.3 is 12.0 Å². The minimum Gasteiger partial charge on any atom is -0.481 e. The van der Waals surface area contributed by atoms with E-state index in [9.17, 15) is 9.59 Å². The number of rotatable bonds is 5. The molecule has 0 saturated carbocycles. The molecule has 1 unspecified atom stereocenters. The minimum absolute atomic E-state index is 0.137. The van der Waals surface area contributed by atoms with E-state index in [0.29, 0.717) is 5.69 Å². The van der Waals surface area contributed by atoms with Crippen molar-refractivity contribution < 1.29 is 14.7 Å². The van der Waals surface area contributed by atoms with Gasteiger partial charge in [-0.3, -0.25) is 4.79 Å². The number of hydrogen-bond acceptors (Lipinski definition) is 3. The lowest BCUT2D eigenvalue weighted by atomic mass is 10.2. The van der Waals surface area contributed by atoms with Crippen LogP contribution in [0.25, 0.3) is 5.69 Å². The number of anilines is 1. The summed E-state index contributed by atoms with van der Waals surface area (Å²) >= 11 is 0. The Balaban J connectivity index is 2.10. The van der Waals surface area contributed by atoms with E-state index in [4.69, 9.17) is 5.11 Å². The summed E-state index contributed by atoms with van der Waals surface area (Å²) in [7, 11) is 1.57. The molecule has 1 aromatic heterocycles. The quantitative estimate of drug-likeness (QED) is 0.882. The van der Waals surface area contributed by atoms with Crippen LogP contribution in [-0.2, 0) is 4.79 Å². The molecule has 0 aliphatic rings. The Hall–Kier alpha value is -2.83. The summed E-state index contributed by atoms with van der Waals surface area (Å²) in [6.45, 7) is 5.59. The number of carbonyl (C=O) groups is 2. The molecule has 0 spiro atoms. The SMILES string of the molecule is Cc1cc(C)n(-c2cccc(NC(=O)N(C)CC(C)C(=O)O)c2)n1. The molecule has 2 N–H and O–H groups in total. The predicted octanol–water partition coefficient (Wildman–Crippen LogP) is 2.67. The second kappa shape index (κ2) is 7.16. The van der Waals surface area contributed by atoms with Crippen LogP contribution in [-0.4, -0.2) is 45.4 Å². The van der Waals surface area contributed by atoms with Gasteiger partial charge in [-0.25, -0.2) is 9.48 Å². The fourth-order valence-electron chi connectivity index (χ4n) is 2.40. The number of nitrogens with zero attached hydrogens (tertiary/aromatic N) is 3. The van der Waals surface area contributed by atoms with Gasteiger partial charge in [0, 0.05) is 25.0 Å². The number of carboxylic acids is 1. The molecular formula is C17H22N4O3. The molecule has 1 heterocycles. The number of aliphatic carboxylic acids is 1. The van der Waals surface area contributed by atoms with E-state index < -0.39 is 11.9 Å². The maximum atomic E-state index is 12.2. The highest BCUT2D eigenvalue weighted by Gasteiger charge is 2.17. The third-order valence-corrected chi connectivity index (χ3v) is 3.67. The monoisotopic (exact) mass is 330 g/mol. The van der Waals surface area contributed by atoms with Crippen molar-refractivity contribution in [3.63, 3.8) is 0 Å². The van der Waals surface area contributed by atoms with Crippen LogP contribution in [0.4, 0.5) is 10.5 Å². The summed E-state index contributed by atoms with van der Waals surface area (Å²) < 4.78 is 1.81. The second-order valence-corrected chi connectivity index (χ2v) is 5.94. The zero-order chi connectivity index (χ0) is 17.9. The van der Waals surface area contributed by atoms with E-state index >= 15 is 0 Å². The molecule has 0 fully saturated rings.